The quantitative estimate of drug-likeness (QED) is 0.670. The molecule has 2 aliphatic rings. The number of allylic oxidation sites excluding steroid dienone is 1. The molecule has 6 nitrogen and oxygen atoms in total. The maximum atomic E-state index is 11.2. The van der Waals surface area contributed by atoms with Gasteiger partial charge >= 0.3 is 11.9 Å². The van der Waals surface area contributed by atoms with Gasteiger partial charge in [-0.15, -0.1) is 0 Å². The number of nitrogens with one attached hydrogen (secondary N) is 1. The van der Waals surface area contributed by atoms with Crippen LogP contribution in [0.15, 0.2) is 23.8 Å². The first-order valence-electron chi connectivity index (χ1n) is 6.51. The van der Waals surface area contributed by atoms with Gasteiger partial charge in [0, 0.05) is 29.8 Å². The third-order valence-corrected chi connectivity index (χ3v) is 3.27. The lowest BCUT2D eigenvalue weighted by molar-refractivity contribution is -0.134. The van der Waals surface area contributed by atoms with Crippen molar-refractivity contribution in [3.05, 3.63) is 23.8 Å². The van der Waals surface area contributed by atoms with Crippen molar-refractivity contribution in [2.24, 2.45) is 0 Å². The molecule has 3 N–H and O–H groups in total. The Kier molecular flexibility index (Phi) is 6.11. The fourth-order valence-corrected chi connectivity index (χ4v) is 2.41. The van der Waals surface area contributed by atoms with E-state index >= 15 is 0 Å². The Bertz CT molecular complexity index is 436. The van der Waals surface area contributed by atoms with Crippen LogP contribution in [0.3, 0.4) is 0 Å². The Morgan fingerprint density at radius 1 is 1.15 bits per heavy atom. The van der Waals surface area contributed by atoms with Crippen molar-refractivity contribution in [3.8, 4) is 0 Å². The number of hydrogen-bond donors (Lipinski definition) is 3. The minimum absolute atomic E-state index is 0.245. The minimum atomic E-state index is -1.26. The number of carboxylic acid groups (broad SMARTS) is 2. The van der Waals surface area contributed by atoms with Gasteiger partial charge in [-0.25, -0.2) is 9.59 Å². The van der Waals surface area contributed by atoms with Crippen molar-refractivity contribution in [3.63, 3.8) is 0 Å². The van der Waals surface area contributed by atoms with Gasteiger partial charge in [0.25, 0.3) is 0 Å². The van der Waals surface area contributed by atoms with Gasteiger partial charge in [0.05, 0.1) is 0 Å². The van der Waals surface area contributed by atoms with E-state index < -0.39 is 11.9 Å². The van der Waals surface area contributed by atoms with Crippen LogP contribution >= 0.6 is 0 Å². The van der Waals surface area contributed by atoms with E-state index in [4.69, 9.17) is 10.2 Å². The van der Waals surface area contributed by atoms with Crippen LogP contribution in [0.1, 0.15) is 32.6 Å². The summed E-state index contributed by atoms with van der Waals surface area (Å²) < 4.78 is 0. The predicted octanol–water partition coefficient (Wildman–Crippen LogP) is 1.13. The maximum Gasteiger partial charge on any atom is 0.328 e. The van der Waals surface area contributed by atoms with Gasteiger partial charge in [0.15, 0.2) is 5.78 Å². The lowest BCUT2D eigenvalue weighted by Crippen LogP contribution is -2.30. The number of fused-ring (bicyclic) bond motifs is 2. The number of carbonyl (C=O) groups excluding carboxylic acids is 1. The van der Waals surface area contributed by atoms with Gasteiger partial charge in [-0.3, -0.25) is 4.79 Å². The van der Waals surface area contributed by atoms with Crippen molar-refractivity contribution in [2.75, 3.05) is 0 Å². The van der Waals surface area contributed by atoms with Crippen LogP contribution in [-0.4, -0.2) is 40.0 Å². The summed E-state index contributed by atoms with van der Waals surface area (Å²) in [6.45, 7) is 1.67. The van der Waals surface area contributed by atoms with Gasteiger partial charge in [-0.2, -0.15) is 0 Å². The van der Waals surface area contributed by atoms with E-state index in [1.54, 1.807) is 6.92 Å². The number of Topliss-reactive ketones (excluding diaryl/α,β-unsaturated/α-hetero) is 1. The molecule has 20 heavy (non-hydrogen) atoms. The molecule has 2 bridgehead atoms. The number of carbonyl (C=O) groups is 3. The summed E-state index contributed by atoms with van der Waals surface area (Å²) in [6, 6.07) is 1.04. The first kappa shape index (κ1) is 16.1. The number of carboxylic acids is 2. The molecule has 0 aromatic heterocycles. The van der Waals surface area contributed by atoms with Crippen LogP contribution in [-0.2, 0) is 14.4 Å². The van der Waals surface area contributed by atoms with Gasteiger partial charge < -0.3 is 15.5 Å². The third kappa shape index (κ3) is 5.36. The second kappa shape index (κ2) is 7.59. The molecule has 1 fully saturated rings. The summed E-state index contributed by atoms with van der Waals surface area (Å²) in [7, 11) is 0. The first-order valence-corrected chi connectivity index (χ1v) is 6.51. The lowest BCUT2D eigenvalue weighted by Gasteiger charge is -2.11. The third-order valence-electron chi connectivity index (χ3n) is 3.27. The summed E-state index contributed by atoms with van der Waals surface area (Å²) in [6.07, 6.45) is 7.91. The molecule has 0 radical (unpaired) electrons. The van der Waals surface area contributed by atoms with Gasteiger partial charge in [0.1, 0.15) is 0 Å². The summed E-state index contributed by atoms with van der Waals surface area (Å²) >= 11 is 0. The summed E-state index contributed by atoms with van der Waals surface area (Å²) in [5, 5.41) is 19.1. The second-order valence-corrected chi connectivity index (χ2v) is 4.80. The highest BCUT2D eigenvalue weighted by Gasteiger charge is 2.29. The Morgan fingerprint density at radius 2 is 1.75 bits per heavy atom. The first-order chi connectivity index (χ1) is 9.40. The highest BCUT2D eigenvalue weighted by molar-refractivity contribution is 5.94. The smallest absolute Gasteiger partial charge is 0.328 e. The monoisotopic (exact) mass is 281 g/mol. The second-order valence-electron chi connectivity index (χ2n) is 4.80. The molecule has 6 heteroatoms. The Labute approximate surface area is 117 Å². The van der Waals surface area contributed by atoms with Crippen molar-refractivity contribution in [2.45, 2.75) is 44.7 Å². The largest absolute Gasteiger partial charge is 0.478 e. The highest BCUT2D eigenvalue weighted by atomic mass is 16.4. The normalized spacial score (nSPS) is 24.4. The van der Waals surface area contributed by atoms with Crippen molar-refractivity contribution in [1.82, 2.24) is 5.32 Å². The molecule has 2 aliphatic heterocycles. The van der Waals surface area contributed by atoms with Crippen molar-refractivity contribution in [1.29, 1.82) is 0 Å². The molecule has 0 amide bonds. The number of rotatable bonds is 3. The van der Waals surface area contributed by atoms with E-state index in [0.29, 0.717) is 24.2 Å². The molecule has 0 unspecified atom stereocenters. The summed E-state index contributed by atoms with van der Waals surface area (Å²) in [5.74, 6) is -2.27. The molecule has 0 aliphatic carbocycles. The minimum Gasteiger partial charge on any atom is -0.478 e. The molecule has 0 aromatic rings. The molecule has 2 rings (SSSR count). The molecular weight excluding hydrogens is 262 g/mol. The molecular formula is C14H19NO5. The zero-order chi connectivity index (χ0) is 15.1. The summed E-state index contributed by atoms with van der Waals surface area (Å²) in [4.78, 5) is 30.3. The zero-order valence-electron chi connectivity index (χ0n) is 11.3. The van der Waals surface area contributed by atoms with E-state index in [2.05, 4.69) is 11.4 Å². The van der Waals surface area contributed by atoms with Crippen LogP contribution in [0.5, 0.6) is 0 Å². The fourth-order valence-electron chi connectivity index (χ4n) is 2.41. The standard InChI is InChI=1S/C10H15NO.C4H4O4/c1-7(12)9-4-2-3-8-5-6-10(9)11-8;5-3(6)1-2-4(7)8/h4,8,10-11H,2-3,5-6H2,1H3;1-2H,(H,5,6)(H,7,8)/b;2-1+/t8-,10-;/m0./s1. The topological polar surface area (TPSA) is 104 Å². The van der Waals surface area contributed by atoms with Crippen LogP contribution in [0.25, 0.3) is 0 Å². The molecule has 0 saturated carbocycles. The SMILES string of the molecule is CC(=O)C1=CCC[C@H]2CC[C@@H]1N2.O=C(O)/C=C/C(=O)O. The van der Waals surface area contributed by atoms with E-state index in [0.717, 1.165) is 18.4 Å². The maximum absolute atomic E-state index is 11.2. The van der Waals surface area contributed by atoms with E-state index in [1.807, 2.05) is 0 Å². The number of ketones is 1. The van der Waals surface area contributed by atoms with E-state index in [9.17, 15) is 14.4 Å². The molecule has 1 saturated heterocycles. The zero-order valence-corrected chi connectivity index (χ0v) is 11.3. The van der Waals surface area contributed by atoms with Gasteiger partial charge in [0.2, 0.25) is 0 Å². The van der Waals surface area contributed by atoms with Crippen LogP contribution in [0, 0.1) is 0 Å². The number of aliphatic carboxylic acids is 2. The number of hydrogen-bond acceptors (Lipinski definition) is 4. The molecule has 2 heterocycles. The van der Waals surface area contributed by atoms with E-state index in [-0.39, 0.29) is 5.78 Å². The molecule has 0 aromatic carbocycles. The fraction of sp³-hybridized carbons (Fsp3) is 0.500. The molecule has 2 atom stereocenters. The van der Waals surface area contributed by atoms with Crippen LogP contribution in [0.2, 0.25) is 0 Å². The highest BCUT2D eigenvalue weighted by Crippen LogP contribution is 2.26. The average molecular weight is 281 g/mol. The van der Waals surface area contributed by atoms with Crippen LogP contribution in [0.4, 0.5) is 0 Å². The average Bonchev–Trinajstić information content (AvgIpc) is 2.68. The Morgan fingerprint density at radius 3 is 2.25 bits per heavy atom. The lowest BCUT2D eigenvalue weighted by atomic mass is 9.98. The molecule has 0 spiro atoms. The summed E-state index contributed by atoms with van der Waals surface area (Å²) in [5.41, 5.74) is 1.02. The van der Waals surface area contributed by atoms with E-state index in [1.165, 1.54) is 12.8 Å². The van der Waals surface area contributed by atoms with Crippen molar-refractivity contribution < 1.29 is 24.6 Å². The Balaban J connectivity index is 0.000000221. The molecule has 110 valence electrons. The van der Waals surface area contributed by atoms with Crippen LogP contribution < -0.4 is 5.32 Å². The van der Waals surface area contributed by atoms with Crippen molar-refractivity contribution >= 4 is 17.7 Å². The van der Waals surface area contributed by atoms with Gasteiger partial charge in [-0.05, 0) is 32.6 Å². The predicted molar refractivity (Wildman–Crippen MR) is 72.4 cm³/mol. The van der Waals surface area contributed by atoms with Gasteiger partial charge in [-0.1, -0.05) is 6.08 Å². The Hall–Kier alpha value is -1.95.